The van der Waals surface area contributed by atoms with Gasteiger partial charge in [0.2, 0.25) is 0 Å². The molecule has 1 saturated heterocycles. The maximum absolute atomic E-state index is 12.7. The molecule has 1 fully saturated rings. The van der Waals surface area contributed by atoms with Gasteiger partial charge in [0.1, 0.15) is 0 Å². The van der Waals surface area contributed by atoms with E-state index in [9.17, 15) is 8.42 Å². The summed E-state index contributed by atoms with van der Waals surface area (Å²) in [5.41, 5.74) is 7.03. The highest BCUT2D eigenvalue weighted by molar-refractivity contribution is 7.91. The number of thiazole rings is 1. The van der Waals surface area contributed by atoms with Gasteiger partial charge in [0.15, 0.2) is 4.21 Å². The number of benzene rings is 1. The number of nitrogens with zero attached hydrogens (tertiary/aromatic N) is 2. The molecule has 0 unspecified atom stereocenters. The number of aromatic nitrogens is 1. The van der Waals surface area contributed by atoms with Gasteiger partial charge in [-0.15, -0.1) is 23.7 Å². The van der Waals surface area contributed by atoms with Gasteiger partial charge in [-0.05, 0) is 24.9 Å². The van der Waals surface area contributed by atoms with Crippen LogP contribution >= 0.6 is 23.7 Å². The van der Waals surface area contributed by atoms with Crippen LogP contribution in [0.4, 0.5) is 0 Å². The van der Waals surface area contributed by atoms with Crippen molar-refractivity contribution in [3.05, 3.63) is 47.1 Å². The molecule has 2 N–H and O–H groups in total. The molecule has 1 aliphatic heterocycles. The second kappa shape index (κ2) is 7.27. The second-order valence-electron chi connectivity index (χ2n) is 5.53. The fourth-order valence-corrected chi connectivity index (χ4v) is 5.72. The van der Waals surface area contributed by atoms with Crippen LogP contribution in [0.5, 0.6) is 0 Å². The normalized spacial score (nSPS) is 22.0. The van der Waals surface area contributed by atoms with E-state index in [-0.39, 0.29) is 24.2 Å². The monoisotopic (exact) mass is 373 g/mol. The van der Waals surface area contributed by atoms with E-state index in [0.29, 0.717) is 23.8 Å². The van der Waals surface area contributed by atoms with E-state index in [0.717, 1.165) is 10.6 Å². The molecule has 2 atom stereocenters. The molecule has 8 heteroatoms. The first-order valence-electron chi connectivity index (χ1n) is 7.20. The molecule has 126 valence electrons. The van der Waals surface area contributed by atoms with Crippen molar-refractivity contribution in [1.82, 2.24) is 9.29 Å². The maximum atomic E-state index is 12.7. The summed E-state index contributed by atoms with van der Waals surface area (Å²) in [5.74, 6) is 0.293. The summed E-state index contributed by atoms with van der Waals surface area (Å²) < 4.78 is 27.3. The van der Waals surface area contributed by atoms with Gasteiger partial charge >= 0.3 is 0 Å². The molecular weight excluding hydrogens is 354 g/mol. The fraction of sp³-hybridized carbons (Fsp3) is 0.400. The van der Waals surface area contributed by atoms with E-state index >= 15 is 0 Å². The molecule has 1 aliphatic rings. The maximum Gasteiger partial charge on any atom is 0.254 e. The molecule has 5 nitrogen and oxygen atoms in total. The zero-order chi connectivity index (χ0) is 15.7. The predicted molar refractivity (Wildman–Crippen MR) is 94.6 cm³/mol. The van der Waals surface area contributed by atoms with E-state index in [1.807, 2.05) is 37.3 Å². The van der Waals surface area contributed by atoms with E-state index in [1.165, 1.54) is 17.5 Å². The number of rotatable bonds is 4. The van der Waals surface area contributed by atoms with Crippen LogP contribution in [0.25, 0.3) is 0 Å². The minimum Gasteiger partial charge on any atom is -0.330 e. The van der Waals surface area contributed by atoms with Crippen molar-refractivity contribution in [2.75, 3.05) is 19.6 Å². The summed E-state index contributed by atoms with van der Waals surface area (Å²) in [7, 11) is -3.47. The van der Waals surface area contributed by atoms with Crippen LogP contribution in [0, 0.1) is 12.8 Å². The topological polar surface area (TPSA) is 76.3 Å². The van der Waals surface area contributed by atoms with Crippen LogP contribution < -0.4 is 5.73 Å². The molecule has 23 heavy (non-hydrogen) atoms. The Balaban J connectivity index is 0.00000192. The van der Waals surface area contributed by atoms with Crippen molar-refractivity contribution >= 4 is 33.8 Å². The van der Waals surface area contributed by atoms with E-state index in [2.05, 4.69) is 4.98 Å². The Bertz CT molecular complexity index is 749. The van der Waals surface area contributed by atoms with Gasteiger partial charge in [-0.3, -0.25) is 0 Å². The number of hydrogen-bond acceptors (Lipinski definition) is 5. The van der Waals surface area contributed by atoms with E-state index in [4.69, 9.17) is 5.73 Å². The third kappa shape index (κ3) is 3.59. The van der Waals surface area contributed by atoms with Crippen LogP contribution in [0.3, 0.4) is 0 Å². The largest absolute Gasteiger partial charge is 0.330 e. The number of aryl methyl sites for hydroxylation is 1. The lowest BCUT2D eigenvalue weighted by atomic mass is 9.89. The molecule has 0 aliphatic carbocycles. The Morgan fingerprint density at radius 3 is 2.57 bits per heavy atom. The molecule has 3 rings (SSSR count). The number of halogens is 1. The summed E-state index contributed by atoms with van der Waals surface area (Å²) in [4.78, 5) is 4.06. The highest BCUT2D eigenvalue weighted by atomic mass is 35.5. The van der Waals surface area contributed by atoms with Crippen molar-refractivity contribution in [2.24, 2.45) is 11.7 Å². The van der Waals surface area contributed by atoms with Gasteiger partial charge in [-0.2, -0.15) is 4.31 Å². The number of nitrogens with two attached hydrogens (primary N) is 1. The van der Waals surface area contributed by atoms with Crippen LogP contribution in [0.2, 0.25) is 0 Å². The molecule has 0 amide bonds. The van der Waals surface area contributed by atoms with Gasteiger partial charge in [-0.1, -0.05) is 30.3 Å². The SMILES string of the molecule is Cc1ncc(S(=O)(=O)N2C[C@@H](CN)[C@H](c3ccccc3)C2)s1.Cl. The third-order valence-corrected chi connectivity index (χ3v) is 7.31. The smallest absolute Gasteiger partial charge is 0.254 e. The molecule has 0 radical (unpaired) electrons. The van der Waals surface area contributed by atoms with E-state index < -0.39 is 10.0 Å². The lowest BCUT2D eigenvalue weighted by Crippen LogP contribution is -2.29. The molecule has 1 aromatic heterocycles. The quantitative estimate of drug-likeness (QED) is 0.891. The van der Waals surface area contributed by atoms with Crippen molar-refractivity contribution in [3.63, 3.8) is 0 Å². The van der Waals surface area contributed by atoms with Gasteiger partial charge in [0, 0.05) is 19.0 Å². The zero-order valence-corrected chi connectivity index (χ0v) is 15.2. The summed E-state index contributed by atoms with van der Waals surface area (Å²) in [5, 5.41) is 0.757. The number of hydrogen-bond donors (Lipinski definition) is 1. The van der Waals surface area contributed by atoms with E-state index in [1.54, 1.807) is 4.31 Å². The standard InChI is InChI=1S/C15H19N3O2S2.ClH/c1-11-17-8-15(21-11)22(19,20)18-9-13(7-16)14(10-18)12-5-3-2-4-6-12;/h2-6,8,13-14H,7,9-10,16H2,1H3;1H/t13-,14+;/m1./s1. The van der Waals surface area contributed by atoms with Crippen molar-refractivity contribution in [2.45, 2.75) is 17.1 Å². The molecule has 0 bridgehead atoms. The highest BCUT2D eigenvalue weighted by Crippen LogP contribution is 2.35. The van der Waals surface area contributed by atoms with Crippen LogP contribution in [0.1, 0.15) is 16.5 Å². The van der Waals surface area contributed by atoms with Gasteiger partial charge in [-0.25, -0.2) is 13.4 Å². The fourth-order valence-electron chi connectivity index (χ4n) is 2.93. The summed E-state index contributed by atoms with van der Waals surface area (Å²) in [6, 6.07) is 10.0. The van der Waals surface area contributed by atoms with Crippen molar-refractivity contribution < 1.29 is 8.42 Å². The second-order valence-corrected chi connectivity index (χ2v) is 8.93. The molecule has 2 heterocycles. The summed E-state index contributed by atoms with van der Waals surface area (Å²) in [6.45, 7) is 3.23. The zero-order valence-electron chi connectivity index (χ0n) is 12.8. The Labute approximate surface area is 147 Å². The van der Waals surface area contributed by atoms with Crippen molar-refractivity contribution in [3.8, 4) is 0 Å². The third-order valence-electron chi connectivity index (χ3n) is 4.13. The Morgan fingerprint density at radius 2 is 2.00 bits per heavy atom. The molecular formula is C15H20ClN3O2S2. The lowest BCUT2D eigenvalue weighted by molar-refractivity contribution is 0.460. The Hall–Kier alpha value is -0.990. The first-order chi connectivity index (χ1) is 10.5. The van der Waals surface area contributed by atoms with Crippen LogP contribution in [0.15, 0.2) is 40.7 Å². The Morgan fingerprint density at radius 1 is 1.30 bits per heavy atom. The van der Waals surface area contributed by atoms with Crippen LogP contribution in [-0.2, 0) is 10.0 Å². The molecule has 2 aromatic rings. The van der Waals surface area contributed by atoms with Gasteiger partial charge in [0.25, 0.3) is 10.0 Å². The minimum atomic E-state index is -3.47. The molecule has 0 spiro atoms. The lowest BCUT2D eigenvalue weighted by Gasteiger charge is -2.16. The predicted octanol–water partition coefficient (Wildman–Crippen LogP) is 2.24. The summed E-state index contributed by atoms with van der Waals surface area (Å²) in [6.07, 6.45) is 1.45. The number of sulfonamides is 1. The van der Waals surface area contributed by atoms with Gasteiger partial charge < -0.3 is 5.73 Å². The molecule has 1 aromatic carbocycles. The van der Waals surface area contributed by atoms with Crippen LogP contribution in [-0.4, -0.2) is 37.3 Å². The first-order valence-corrected chi connectivity index (χ1v) is 9.45. The minimum absolute atomic E-state index is 0. The Kier molecular flexibility index (Phi) is 5.80. The molecule has 0 saturated carbocycles. The summed E-state index contributed by atoms with van der Waals surface area (Å²) >= 11 is 1.22. The highest BCUT2D eigenvalue weighted by Gasteiger charge is 2.39. The average molecular weight is 374 g/mol. The van der Waals surface area contributed by atoms with Gasteiger partial charge in [0.05, 0.1) is 11.2 Å². The first kappa shape index (κ1) is 18.4. The average Bonchev–Trinajstić information content (AvgIpc) is 3.14. The van der Waals surface area contributed by atoms with Crippen molar-refractivity contribution in [1.29, 1.82) is 0 Å².